The Balaban J connectivity index is 2.04. The van der Waals surface area contributed by atoms with Crippen LogP contribution in [-0.2, 0) is 24.0 Å². The molecule has 3 rings (SSSR count). The summed E-state index contributed by atoms with van der Waals surface area (Å²) in [7, 11) is 1.18. The quantitative estimate of drug-likeness (QED) is 0.618. The number of rotatable bonds is 2. The van der Waals surface area contributed by atoms with E-state index in [0.717, 1.165) is 10.5 Å². The molecule has 2 aliphatic heterocycles. The molecule has 1 N–H and O–H groups in total. The number of methoxy groups -OCH3 is 1. The molecule has 1 atom stereocenters. The normalized spacial score (nSPS) is 20.7. The Morgan fingerprint density at radius 1 is 1.29 bits per heavy atom. The molecule has 21 heavy (non-hydrogen) atoms. The summed E-state index contributed by atoms with van der Waals surface area (Å²) < 4.78 is 4.56. The number of amides is 2. The first-order valence-electron chi connectivity index (χ1n) is 6.23. The van der Waals surface area contributed by atoms with Gasteiger partial charge in [0.05, 0.1) is 18.4 Å². The first kappa shape index (κ1) is 13.3. The number of carbonyl (C=O) groups is 3. The largest absolute Gasteiger partial charge is 0.464 e. The minimum absolute atomic E-state index is 0.0209. The lowest BCUT2D eigenvalue weighted by Crippen LogP contribution is -2.35. The molecule has 7 nitrogen and oxygen atoms in total. The number of carbonyl (C=O) groups excluding carboxylic acids is 3. The van der Waals surface area contributed by atoms with E-state index in [0.29, 0.717) is 5.69 Å². The number of ether oxygens (including phenoxy) is 1. The monoisotopic (exact) mass is 288 g/mol. The van der Waals surface area contributed by atoms with E-state index in [1.807, 2.05) is 6.92 Å². The van der Waals surface area contributed by atoms with Gasteiger partial charge in [-0.1, -0.05) is 17.7 Å². The van der Waals surface area contributed by atoms with Gasteiger partial charge in [0.15, 0.2) is 11.8 Å². The fraction of sp³-hybridized carbons (Fsp3) is 0.214. The summed E-state index contributed by atoms with van der Waals surface area (Å²) in [5.74, 6) is -1.87. The van der Waals surface area contributed by atoms with Crippen LogP contribution in [0.15, 0.2) is 35.5 Å². The Labute approximate surface area is 120 Å². The standard InChI is InChI=1S/C14H12N2O5/c1-7-3-5-8(6-4-7)16-12(17)9-10(14(19)20-2)15-21-11(9)13(16)18/h3-6,11,15H,1-2H3. The van der Waals surface area contributed by atoms with Crippen molar-refractivity contribution < 1.29 is 24.0 Å². The highest BCUT2D eigenvalue weighted by atomic mass is 16.7. The highest BCUT2D eigenvalue weighted by Crippen LogP contribution is 2.32. The molecule has 2 heterocycles. The number of hydrogen-bond acceptors (Lipinski definition) is 6. The Hall–Kier alpha value is -2.67. The van der Waals surface area contributed by atoms with Gasteiger partial charge in [0.2, 0.25) is 0 Å². The maximum absolute atomic E-state index is 12.4. The van der Waals surface area contributed by atoms with E-state index >= 15 is 0 Å². The van der Waals surface area contributed by atoms with Crippen LogP contribution in [0, 0.1) is 6.92 Å². The van der Waals surface area contributed by atoms with Gasteiger partial charge in [0.1, 0.15) is 0 Å². The van der Waals surface area contributed by atoms with Crippen LogP contribution < -0.4 is 10.4 Å². The molecule has 1 saturated heterocycles. The smallest absolute Gasteiger partial charge is 0.357 e. The Bertz CT molecular complexity index is 677. The number of aryl methyl sites for hydroxylation is 1. The molecule has 0 aliphatic carbocycles. The lowest BCUT2D eigenvalue weighted by Gasteiger charge is -2.15. The fourth-order valence-electron chi connectivity index (χ4n) is 2.29. The fourth-order valence-corrected chi connectivity index (χ4v) is 2.29. The van der Waals surface area contributed by atoms with E-state index in [9.17, 15) is 14.4 Å². The van der Waals surface area contributed by atoms with Crippen molar-refractivity contribution in [1.29, 1.82) is 0 Å². The molecule has 0 radical (unpaired) electrons. The van der Waals surface area contributed by atoms with Crippen LogP contribution in [0.25, 0.3) is 0 Å². The van der Waals surface area contributed by atoms with Gasteiger partial charge in [-0.25, -0.2) is 9.69 Å². The zero-order chi connectivity index (χ0) is 15.1. The van der Waals surface area contributed by atoms with E-state index in [-0.39, 0.29) is 11.3 Å². The van der Waals surface area contributed by atoms with Crippen molar-refractivity contribution in [2.24, 2.45) is 0 Å². The highest BCUT2D eigenvalue weighted by molar-refractivity contribution is 6.32. The predicted molar refractivity (Wildman–Crippen MR) is 70.7 cm³/mol. The van der Waals surface area contributed by atoms with Crippen LogP contribution in [0.2, 0.25) is 0 Å². The molecule has 1 unspecified atom stereocenters. The zero-order valence-electron chi connectivity index (χ0n) is 11.4. The molecule has 1 aromatic carbocycles. The third-order valence-corrected chi connectivity index (χ3v) is 3.37. The van der Waals surface area contributed by atoms with Crippen molar-refractivity contribution in [3.05, 3.63) is 41.1 Å². The van der Waals surface area contributed by atoms with Crippen LogP contribution in [0.1, 0.15) is 5.56 Å². The topological polar surface area (TPSA) is 84.9 Å². The summed E-state index contributed by atoms with van der Waals surface area (Å²) in [5, 5.41) is 0. The van der Waals surface area contributed by atoms with Gasteiger partial charge in [-0.2, -0.15) is 0 Å². The Morgan fingerprint density at radius 2 is 1.95 bits per heavy atom. The third-order valence-electron chi connectivity index (χ3n) is 3.37. The van der Waals surface area contributed by atoms with Gasteiger partial charge in [-0.3, -0.25) is 19.9 Å². The number of anilines is 1. The van der Waals surface area contributed by atoms with E-state index < -0.39 is 23.9 Å². The van der Waals surface area contributed by atoms with E-state index in [1.165, 1.54) is 7.11 Å². The molecule has 2 aliphatic rings. The highest BCUT2D eigenvalue weighted by Gasteiger charge is 2.51. The van der Waals surface area contributed by atoms with Crippen molar-refractivity contribution >= 4 is 23.5 Å². The van der Waals surface area contributed by atoms with Gasteiger partial charge in [0.25, 0.3) is 11.8 Å². The Morgan fingerprint density at radius 3 is 2.57 bits per heavy atom. The molecule has 0 aromatic heterocycles. The Kier molecular flexibility index (Phi) is 2.99. The summed E-state index contributed by atoms with van der Waals surface area (Å²) in [6.07, 6.45) is -1.12. The first-order chi connectivity index (χ1) is 10.0. The van der Waals surface area contributed by atoms with Crippen molar-refractivity contribution in [1.82, 2.24) is 5.48 Å². The maximum atomic E-state index is 12.4. The molecular weight excluding hydrogens is 276 g/mol. The average Bonchev–Trinajstić information content (AvgIpc) is 3.01. The number of fused-ring (bicyclic) bond motifs is 1. The number of esters is 1. The summed E-state index contributed by atoms with van der Waals surface area (Å²) in [5.41, 5.74) is 3.58. The number of nitrogens with zero attached hydrogens (tertiary/aromatic N) is 1. The van der Waals surface area contributed by atoms with Crippen LogP contribution in [0.4, 0.5) is 5.69 Å². The van der Waals surface area contributed by atoms with Crippen LogP contribution in [0.5, 0.6) is 0 Å². The number of hydrogen-bond donors (Lipinski definition) is 1. The number of imide groups is 1. The lowest BCUT2D eigenvalue weighted by molar-refractivity contribution is -0.139. The second-order valence-corrected chi connectivity index (χ2v) is 4.69. The molecule has 7 heteroatoms. The van der Waals surface area contributed by atoms with Crippen molar-refractivity contribution in [2.45, 2.75) is 13.0 Å². The van der Waals surface area contributed by atoms with E-state index in [2.05, 4.69) is 10.2 Å². The van der Waals surface area contributed by atoms with Gasteiger partial charge in [-0.05, 0) is 19.1 Å². The minimum Gasteiger partial charge on any atom is -0.464 e. The summed E-state index contributed by atoms with van der Waals surface area (Å²) in [6.45, 7) is 1.90. The van der Waals surface area contributed by atoms with Crippen LogP contribution in [-0.4, -0.2) is 31.0 Å². The second-order valence-electron chi connectivity index (χ2n) is 4.69. The molecule has 0 saturated carbocycles. The van der Waals surface area contributed by atoms with Crippen molar-refractivity contribution in [3.63, 3.8) is 0 Å². The maximum Gasteiger partial charge on any atom is 0.357 e. The molecule has 1 fully saturated rings. The molecule has 0 spiro atoms. The van der Waals surface area contributed by atoms with Crippen molar-refractivity contribution in [2.75, 3.05) is 12.0 Å². The van der Waals surface area contributed by atoms with Gasteiger partial charge < -0.3 is 4.74 Å². The van der Waals surface area contributed by atoms with Crippen LogP contribution in [0.3, 0.4) is 0 Å². The van der Waals surface area contributed by atoms with Crippen molar-refractivity contribution in [3.8, 4) is 0 Å². The number of nitrogens with one attached hydrogen (secondary N) is 1. The molecule has 0 bridgehead atoms. The lowest BCUT2D eigenvalue weighted by atomic mass is 10.1. The second kappa shape index (κ2) is 4.71. The SMILES string of the molecule is COC(=O)C1=C2C(=O)N(c3ccc(C)cc3)C(=O)C2ON1. The number of benzene rings is 1. The summed E-state index contributed by atoms with van der Waals surface area (Å²) in [4.78, 5) is 42.4. The van der Waals surface area contributed by atoms with Gasteiger partial charge in [0, 0.05) is 0 Å². The minimum atomic E-state index is -1.12. The zero-order valence-corrected chi connectivity index (χ0v) is 11.4. The number of hydroxylamine groups is 1. The van der Waals surface area contributed by atoms with E-state index in [1.54, 1.807) is 24.3 Å². The molecule has 2 amide bonds. The average molecular weight is 288 g/mol. The molecule has 108 valence electrons. The van der Waals surface area contributed by atoms with Crippen LogP contribution >= 0.6 is 0 Å². The van der Waals surface area contributed by atoms with Gasteiger partial charge in [-0.15, -0.1) is 0 Å². The third kappa shape index (κ3) is 1.90. The molecular formula is C14H12N2O5. The van der Waals surface area contributed by atoms with Gasteiger partial charge >= 0.3 is 5.97 Å². The predicted octanol–water partition coefficient (Wildman–Crippen LogP) is 0.199. The first-order valence-corrected chi connectivity index (χ1v) is 6.23. The van der Waals surface area contributed by atoms with E-state index in [4.69, 9.17) is 4.84 Å². The summed E-state index contributed by atoms with van der Waals surface area (Å²) >= 11 is 0. The molecule has 1 aromatic rings. The summed E-state index contributed by atoms with van der Waals surface area (Å²) in [6, 6.07) is 6.91.